The van der Waals surface area contributed by atoms with E-state index < -0.39 is 47.8 Å². The number of hydrogen-bond donors (Lipinski definition) is 4. The minimum absolute atomic E-state index is 0.0532. The fraction of sp³-hybridized carbons (Fsp3) is 0.737. The number of aliphatic hydroxyl groups is 1. The molecule has 2 fully saturated rings. The summed E-state index contributed by atoms with van der Waals surface area (Å²) in [5.41, 5.74) is 5.60. The second-order valence-electron chi connectivity index (χ2n) is 15.3. The van der Waals surface area contributed by atoms with Crippen LogP contribution in [0.25, 0.3) is 0 Å². The second-order valence-corrected chi connectivity index (χ2v) is 15.3. The van der Waals surface area contributed by atoms with Gasteiger partial charge in [-0.2, -0.15) is 0 Å². The molecular formula is C38H63N5O7. The molecule has 1 heterocycles. The molecule has 0 spiro atoms. The molecule has 12 nitrogen and oxygen atoms in total. The number of ether oxygens (including phenoxy) is 2. The van der Waals surface area contributed by atoms with Gasteiger partial charge in [0, 0.05) is 27.8 Å². The van der Waals surface area contributed by atoms with Gasteiger partial charge in [-0.3, -0.25) is 19.2 Å². The Hall–Kier alpha value is -3.06. The molecule has 0 radical (unpaired) electrons. The first-order chi connectivity index (χ1) is 23.5. The number of nitrogens with two attached hydrogens (primary N) is 1. The first kappa shape index (κ1) is 41.4. The zero-order valence-corrected chi connectivity index (χ0v) is 31.7. The summed E-state index contributed by atoms with van der Waals surface area (Å²) in [6.07, 6.45) is 3.35. The topological polar surface area (TPSA) is 164 Å². The van der Waals surface area contributed by atoms with Crippen LogP contribution in [0.2, 0.25) is 0 Å². The Balaban J connectivity index is 1.77. The number of aliphatic hydroxyl groups excluding tert-OH is 1. The van der Waals surface area contributed by atoms with Gasteiger partial charge in [-0.15, -0.1) is 0 Å². The molecule has 0 bridgehead atoms. The molecule has 1 aliphatic heterocycles. The van der Waals surface area contributed by atoms with Gasteiger partial charge in [0.2, 0.25) is 23.6 Å². The molecule has 50 heavy (non-hydrogen) atoms. The van der Waals surface area contributed by atoms with Gasteiger partial charge >= 0.3 is 0 Å². The number of benzene rings is 1. The van der Waals surface area contributed by atoms with Crippen LogP contribution in [0.4, 0.5) is 0 Å². The Bertz CT molecular complexity index is 1270. The number of nitrogens with zero attached hydrogens (tertiary/aromatic N) is 2. The summed E-state index contributed by atoms with van der Waals surface area (Å²) in [6, 6.07) is 7.15. The number of methoxy groups -OCH3 is 2. The van der Waals surface area contributed by atoms with Crippen molar-refractivity contribution in [2.75, 3.05) is 27.8 Å². The van der Waals surface area contributed by atoms with Crippen molar-refractivity contribution in [2.45, 2.75) is 135 Å². The van der Waals surface area contributed by atoms with Gasteiger partial charge < -0.3 is 40.7 Å². The van der Waals surface area contributed by atoms with Crippen molar-refractivity contribution in [1.29, 1.82) is 0 Å². The van der Waals surface area contributed by atoms with Gasteiger partial charge in [0.1, 0.15) is 6.04 Å². The molecule has 5 N–H and O–H groups in total. The van der Waals surface area contributed by atoms with Crippen molar-refractivity contribution < 1.29 is 33.8 Å². The highest BCUT2D eigenvalue weighted by atomic mass is 16.5. The van der Waals surface area contributed by atoms with E-state index >= 15 is 0 Å². The average Bonchev–Trinajstić information content (AvgIpc) is 3.79. The molecule has 1 saturated carbocycles. The van der Waals surface area contributed by atoms with Crippen LogP contribution in [0.15, 0.2) is 30.3 Å². The van der Waals surface area contributed by atoms with Crippen LogP contribution in [-0.2, 0) is 28.7 Å². The third kappa shape index (κ3) is 10.3. The Morgan fingerprint density at radius 1 is 0.980 bits per heavy atom. The summed E-state index contributed by atoms with van der Waals surface area (Å²) in [5, 5.41) is 16.6. The van der Waals surface area contributed by atoms with E-state index in [1.165, 1.54) is 0 Å². The zero-order chi connectivity index (χ0) is 37.3. The molecule has 3 rings (SSSR count). The predicted octanol–water partition coefficient (Wildman–Crippen LogP) is 3.17. The maximum absolute atomic E-state index is 14.2. The lowest BCUT2D eigenvalue weighted by molar-refractivity contribution is -0.148. The lowest BCUT2D eigenvalue weighted by Gasteiger charge is -2.41. The summed E-state index contributed by atoms with van der Waals surface area (Å²) in [4.78, 5) is 58.0. The van der Waals surface area contributed by atoms with Gasteiger partial charge in [-0.1, -0.05) is 63.9 Å². The van der Waals surface area contributed by atoms with Gasteiger partial charge in [0.15, 0.2) is 0 Å². The van der Waals surface area contributed by atoms with Crippen molar-refractivity contribution in [3.05, 3.63) is 35.9 Å². The Morgan fingerprint density at radius 2 is 1.60 bits per heavy atom. The van der Waals surface area contributed by atoms with E-state index in [1.807, 2.05) is 44.2 Å². The maximum atomic E-state index is 14.2. The summed E-state index contributed by atoms with van der Waals surface area (Å²) in [6.45, 7) is 11.0. The van der Waals surface area contributed by atoms with Crippen LogP contribution in [0.5, 0.6) is 0 Å². The number of likely N-dealkylation sites (N-methyl/N-ethyl adjacent to an activating group) is 1. The van der Waals surface area contributed by atoms with E-state index in [0.29, 0.717) is 18.5 Å². The van der Waals surface area contributed by atoms with Crippen molar-refractivity contribution in [3.63, 3.8) is 0 Å². The first-order valence-electron chi connectivity index (χ1n) is 18.3. The van der Waals surface area contributed by atoms with Crippen LogP contribution >= 0.6 is 0 Å². The lowest BCUT2D eigenvalue weighted by Crippen LogP contribution is -2.60. The molecule has 4 amide bonds. The molecular weight excluding hydrogens is 638 g/mol. The summed E-state index contributed by atoms with van der Waals surface area (Å²) in [5.74, 6) is -1.69. The fourth-order valence-corrected chi connectivity index (χ4v) is 7.67. The van der Waals surface area contributed by atoms with E-state index in [4.69, 9.17) is 15.2 Å². The van der Waals surface area contributed by atoms with E-state index in [9.17, 15) is 24.3 Å². The predicted molar refractivity (Wildman–Crippen MR) is 193 cm³/mol. The summed E-state index contributed by atoms with van der Waals surface area (Å²) < 4.78 is 12.0. The third-order valence-electron chi connectivity index (χ3n) is 10.7. The third-order valence-corrected chi connectivity index (χ3v) is 10.7. The van der Waals surface area contributed by atoms with Crippen molar-refractivity contribution in [3.8, 4) is 0 Å². The number of carbonyl (C=O) groups is 4. The van der Waals surface area contributed by atoms with Crippen LogP contribution in [0.1, 0.15) is 98.2 Å². The van der Waals surface area contributed by atoms with Crippen LogP contribution in [0.3, 0.4) is 0 Å². The number of carbonyl (C=O) groups excluding carboxylic acids is 4. The number of nitrogens with one attached hydrogen (secondary N) is 2. The number of rotatable bonds is 17. The van der Waals surface area contributed by atoms with Crippen molar-refractivity contribution >= 4 is 23.6 Å². The number of likely N-dealkylation sites (tertiary alicyclic amines) is 1. The SMILES string of the molecule is COC(CC(=O)N1CCCC1C(OC)C(C)C(=O)NC(C)C(O)c1ccccc1)C(C1CCCC1)N(C)C(=O)C(NC(=O)C(C)(C)N)C(C)C. The summed E-state index contributed by atoms with van der Waals surface area (Å²) >= 11 is 0. The normalized spacial score (nSPS) is 21.2. The Kier molecular flexibility index (Phi) is 15.3. The van der Waals surface area contributed by atoms with Crippen LogP contribution in [0, 0.1) is 17.8 Å². The van der Waals surface area contributed by atoms with Crippen molar-refractivity contribution in [1.82, 2.24) is 20.4 Å². The molecule has 1 saturated heterocycles. The standard InChI is InChI=1S/C38H63N5O7/c1-23(2)31(41-37(48)38(5,6)39)36(47)42(7)32(26-16-13-14-17-26)29(49-8)22-30(44)43-21-15-20-28(43)34(50-9)24(3)35(46)40-25(4)33(45)27-18-11-10-12-19-27/h10-12,18-19,23-26,28-29,31-34,45H,13-17,20-22,39H2,1-9H3,(H,40,46)(H,41,48). The largest absolute Gasteiger partial charge is 0.386 e. The molecule has 8 unspecified atom stereocenters. The average molecular weight is 702 g/mol. The molecule has 1 aromatic rings. The Morgan fingerprint density at radius 3 is 2.14 bits per heavy atom. The second kappa shape index (κ2) is 18.4. The quantitative estimate of drug-likeness (QED) is 0.193. The van der Waals surface area contributed by atoms with Crippen LogP contribution < -0.4 is 16.4 Å². The van der Waals surface area contributed by atoms with E-state index in [0.717, 1.165) is 32.1 Å². The monoisotopic (exact) mass is 701 g/mol. The van der Waals surface area contributed by atoms with E-state index in [2.05, 4.69) is 10.6 Å². The first-order valence-corrected chi connectivity index (χ1v) is 18.3. The van der Waals surface area contributed by atoms with Gasteiger partial charge in [0.25, 0.3) is 0 Å². The molecule has 1 aromatic carbocycles. The minimum atomic E-state index is -1.15. The van der Waals surface area contributed by atoms with Crippen molar-refractivity contribution in [2.24, 2.45) is 23.5 Å². The van der Waals surface area contributed by atoms with Gasteiger partial charge in [0.05, 0.1) is 54.3 Å². The Labute approximate surface area is 299 Å². The molecule has 0 aromatic heterocycles. The van der Waals surface area contributed by atoms with Gasteiger partial charge in [-0.05, 0) is 63.9 Å². The molecule has 8 atom stereocenters. The number of hydrogen-bond acceptors (Lipinski definition) is 8. The molecule has 12 heteroatoms. The highest BCUT2D eigenvalue weighted by molar-refractivity contribution is 5.91. The highest BCUT2D eigenvalue weighted by Crippen LogP contribution is 2.35. The highest BCUT2D eigenvalue weighted by Gasteiger charge is 2.44. The molecule has 2 aliphatic rings. The molecule has 1 aliphatic carbocycles. The fourth-order valence-electron chi connectivity index (χ4n) is 7.67. The lowest BCUT2D eigenvalue weighted by atomic mass is 9.88. The van der Waals surface area contributed by atoms with E-state index in [1.54, 1.807) is 58.8 Å². The van der Waals surface area contributed by atoms with Gasteiger partial charge in [-0.25, -0.2) is 0 Å². The minimum Gasteiger partial charge on any atom is -0.386 e. The van der Waals surface area contributed by atoms with Crippen LogP contribution in [-0.4, -0.2) is 108 Å². The summed E-state index contributed by atoms with van der Waals surface area (Å²) in [7, 11) is 4.88. The number of amides is 4. The smallest absolute Gasteiger partial charge is 0.245 e. The zero-order valence-electron chi connectivity index (χ0n) is 31.7. The molecule has 282 valence electrons. The maximum Gasteiger partial charge on any atom is 0.245 e. The van der Waals surface area contributed by atoms with E-state index in [-0.39, 0.29) is 48.1 Å².